The number of carbonyl (C=O) groups excluding carboxylic acids is 1. The van der Waals surface area contributed by atoms with Crippen LogP contribution in [-0.4, -0.2) is 37.6 Å². The van der Waals surface area contributed by atoms with Gasteiger partial charge in [-0.05, 0) is 58.5 Å². The van der Waals surface area contributed by atoms with Gasteiger partial charge in [0.2, 0.25) is 0 Å². The van der Waals surface area contributed by atoms with E-state index in [0.717, 1.165) is 38.8 Å². The van der Waals surface area contributed by atoms with Crippen LogP contribution in [0.1, 0.15) is 90.4 Å². The number of hydrogen-bond donors (Lipinski definition) is 0. The lowest BCUT2D eigenvalue weighted by Crippen LogP contribution is -2.18. The van der Waals surface area contributed by atoms with Crippen molar-refractivity contribution in [2.75, 3.05) is 26.7 Å². The molecular weight excluding hydrogens is 334 g/mol. The van der Waals surface area contributed by atoms with Gasteiger partial charge in [0.25, 0.3) is 0 Å². The topological polar surface area (TPSA) is 29.5 Å². The first-order chi connectivity index (χ1) is 13.2. The molecule has 0 spiro atoms. The van der Waals surface area contributed by atoms with Crippen LogP contribution < -0.4 is 0 Å². The van der Waals surface area contributed by atoms with Crippen molar-refractivity contribution in [1.82, 2.24) is 4.90 Å². The van der Waals surface area contributed by atoms with Crippen molar-refractivity contribution in [3.8, 4) is 0 Å². The van der Waals surface area contributed by atoms with Crippen LogP contribution in [0.5, 0.6) is 0 Å². The minimum absolute atomic E-state index is 0.00441. The molecule has 1 heterocycles. The number of ether oxygens (including phenoxy) is 1. The standard InChI is InChI=1S/C24H43NO2/c1-3-4-5-6-7-8-9-10-11-12-13-14-15-16-17-18-24(26)27-22-23-19-20-25(2)21-23/h7-8,10-11,23H,3-6,9,12-22H2,1-2H3/b8-7-,11-10-/t23-/m0/s1. The fraction of sp³-hybridized carbons (Fsp3) is 0.792. The van der Waals surface area contributed by atoms with E-state index in [1.165, 1.54) is 51.4 Å². The molecule has 1 aliphatic rings. The molecule has 156 valence electrons. The smallest absolute Gasteiger partial charge is 0.305 e. The van der Waals surface area contributed by atoms with E-state index in [1.54, 1.807) is 0 Å². The summed E-state index contributed by atoms with van der Waals surface area (Å²) in [5, 5.41) is 0. The van der Waals surface area contributed by atoms with Gasteiger partial charge in [-0.2, -0.15) is 0 Å². The van der Waals surface area contributed by atoms with Crippen molar-refractivity contribution in [1.29, 1.82) is 0 Å². The summed E-state index contributed by atoms with van der Waals surface area (Å²) in [5.74, 6) is 0.541. The Balaban J connectivity index is 1.81. The molecule has 3 heteroatoms. The monoisotopic (exact) mass is 377 g/mol. The zero-order valence-corrected chi connectivity index (χ0v) is 18.0. The molecule has 0 aromatic heterocycles. The minimum Gasteiger partial charge on any atom is -0.465 e. The Hall–Kier alpha value is -1.09. The molecule has 1 saturated heterocycles. The predicted octanol–water partition coefficient (Wildman–Crippen LogP) is 6.29. The Labute approximate surface area is 168 Å². The van der Waals surface area contributed by atoms with Gasteiger partial charge in [0, 0.05) is 18.9 Å². The largest absolute Gasteiger partial charge is 0.465 e. The second-order valence-corrected chi connectivity index (χ2v) is 8.08. The zero-order chi connectivity index (χ0) is 19.6. The first-order valence-corrected chi connectivity index (χ1v) is 11.4. The van der Waals surface area contributed by atoms with Crippen LogP contribution in [0.15, 0.2) is 24.3 Å². The molecular formula is C24H43NO2. The molecule has 0 aromatic carbocycles. The van der Waals surface area contributed by atoms with Gasteiger partial charge in [0.1, 0.15) is 0 Å². The van der Waals surface area contributed by atoms with Gasteiger partial charge in [0.15, 0.2) is 0 Å². The molecule has 0 aromatic rings. The molecule has 0 saturated carbocycles. The summed E-state index contributed by atoms with van der Waals surface area (Å²) in [6, 6.07) is 0. The molecule has 0 amide bonds. The fourth-order valence-corrected chi connectivity index (χ4v) is 3.53. The number of hydrogen-bond acceptors (Lipinski definition) is 3. The molecule has 1 atom stereocenters. The number of nitrogens with zero attached hydrogens (tertiary/aromatic N) is 1. The molecule has 27 heavy (non-hydrogen) atoms. The van der Waals surface area contributed by atoms with Crippen molar-refractivity contribution in [2.24, 2.45) is 5.92 Å². The summed E-state index contributed by atoms with van der Waals surface area (Å²) in [6.07, 6.45) is 24.3. The highest BCUT2D eigenvalue weighted by Gasteiger charge is 2.20. The lowest BCUT2D eigenvalue weighted by atomic mass is 10.1. The van der Waals surface area contributed by atoms with Crippen LogP contribution >= 0.6 is 0 Å². The Kier molecular flexibility index (Phi) is 15.1. The summed E-state index contributed by atoms with van der Waals surface area (Å²) in [5.41, 5.74) is 0. The fourth-order valence-electron chi connectivity index (χ4n) is 3.53. The molecule has 0 radical (unpaired) electrons. The Morgan fingerprint density at radius 1 is 0.963 bits per heavy atom. The van der Waals surface area contributed by atoms with E-state index in [9.17, 15) is 4.79 Å². The van der Waals surface area contributed by atoms with Gasteiger partial charge < -0.3 is 9.64 Å². The highest BCUT2D eigenvalue weighted by atomic mass is 16.5. The maximum absolute atomic E-state index is 11.8. The van der Waals surface area contributed by atoms with Crippen LogP contribution in [0.4, 0.5) is 0 Å². The van der Waals surface area contributed by atoms with E-state index in [1.807, 2.05) is 0 Å². The zero-order valence-electron chi connectivity index (χ0n) is 18.0. The SMILES string of the molecule is CCCCC/C=C\C/C=C\CCCCCCCC(=O)OC[C@H]1CCN(C)C1. The Morgan fingerprint density at radius 2 is 1.63 bits per heavy atom. The first kappa shape index (κ1) is 23.9. The summed E-state index contributed by atoms with van der Waals surface area (Å²) in [6.45, 7) is 5.06. The number of rotatable bonds is 16. The first-order valence-electron chi connectivity index (χ1n) is 11.4. The molecule has 0 aliphatic carbocycles. The molecule has 1 fully saturated rings. The predicted molar refractivity (Wildman–Crippen MR) is 116 cm³/mol. The molecule has 1 aliphatic heterocycles. The number of esters is 1. The number of likely N-dealkylation sites (tertiary alicyclic amines) is 1. The third-order valence-electron chi connectivity index (χ3n) is 5.30. The third-order valence-corrected chi connectivity index (χ3v) is 5.30. The maximum Gasteiger partial charge on any atom is 0.305 e. The molecule has 0 bridgehead atoms. The lowest BCUT2D eigenvalue weighted by Gasteiger charge is -2.11. The highest BCUT2D eigenvalue weighted by Crippen LogP contribution is 2.15. The van der Waals surface area contributed by atoms with E-state index in [0.29, 0.717) is 18.9 Å². The number of allylic oxidation sites excluding steroid dienone is 4. The van der Waals surface area contributed by atoms with E-state index in [-0.39, 0.29) is 5.97 Å². The normalized spacial score (nSPS) is 18.1. The average molecular weight is 378 g/mol. The number of unbranched alkanes of at least 4 members (excludes halogenated alkanes) is 8. The van der Waals surface area contributed by atoms with Gasteiger partial charge >= 0.3 is 5.97 Å². The molecule has 1 rings (SSSR count). The van der Waals surface area contributed by atoms with Gasteiger partial charge in [-0.25, -0.2) is 0 Å². The molecule has 0 N–H and O–H groups in total. The van der Waals surface area contributed by atoms with Gasteiger partial charge in [0.05, 0.1) is 6.61 Å². The van der Waals surface area contributed by atoms with Crippen LogP contribution in [0.25, 0.3) is 0 Å². The lowest BCUT2D eigenvalue weighted by molar-refractivity contribution is -0.145. The quantitative estimate of drug-likeness (QED) is 0.180. The summed E-state index contributed by atoms with van der Waals surface area (Å²) in [7, 11) is 2.13. The maximum atomic E-state index is 11.8. The van der Waals surface area contributed by atoms with Crippen LogP contribution in [-0.2, 0) is 9.53 Å². The van der Waals surface area contributed by atoms with Crippen LogP contribution in [0.3, 0.4) is 0 Å². The van der Waals surface area contributed by atoms with Crippen molar-refractivity contribution in [3.05, 3.63) is 24.3 Å². The van der Waals surface area contributed by atoms with Gasteiger partial charge in [-0.3, -0.25) is 4.79 Å². The average Bonchev–Trinajstić information content (AvgIpc) is 3.08. The molecule has 3 nitrogen and oxygen atoms in total. The number of carbonyl (C=O) groups is 1. The van der Waals surface area contributed by atoms with Crippen molar-refractivity contribution in [2.45, 2.75) is 90.4 Å². The van der Waals surface area contributed by atoms with E-state index in [4.69, 9.17) is 4.74 Å². The second kappa shape index (κ2) is 17.0. The summed E-state index contributed by atoms with van der Waals surface area (Å²) >= 11 is 0. The summed E-state index contributed by atoms with van der Waals surface area (Å²) < 4.78 is 5.41. The second-order valence-electron chi connectivity index (χ2n) is 8.08. The Morgan fingerprint density at radius 3 is 2.30 bits per heavy atom. The minimum atomic E-state index is -0.00441. The Bertz CT molecular complexity index is 417. The van der Waals surface area contributed by atoms with Gasteiger partial charge in [-0.15, -0.1) is 0 Å². The van der Waals surface area contributed by atoms with Crippen LogP contribution in [0.2, 0.25) is 0 Å². The van der Waals surface area contributed by atoms with Gasteiger partial charge in [-0.1, -0.05) is 63.3 Å². The van der Waals surface area contributed by atoms with Crippen molar-refractivity contribution in [3.63, 3.8) is 0 Å². The van der Waals surface area contributed by atoms with Crippen LogP contribution in [0, 0.1) is 5.92 Å². The van der Waals surface area contributed by atoms with E-state index < -0.39 is 0 Å². The third kappa shape index (κ3) is 14.6. The van der Waals surface area contributed by atoms with E-state index >= 15 is 0 Å². The summed E-state index contributed by atoms with van der Waals surface area (Å²) in [4.78, 5) is 14.1. The highest BCUT2D eigenvalue weighted by molar-refractivity contribution is 5.69. The molecule has 0 unspecified atom stereocenters. The van der Waals surface area contributed by atoms with Crippen molar-refractivity contribution >= 4 is 5.97 Å². The van der Waals surface area contributed by atoms with E-state index in [2.05, 4.69) is 43.2 Å². The van der Waals surface area contributed by atoms with Crippen molar-refractivity contribution < 1.29 is 9.53 Å².